The number of hydrogen-bond donors (Lipinski definition) is 3. The summed E-state index contributed by atoms with van der Waals surface area (Å²) < 4.78 is 18.4. The number of halogens is 1. The van der Waals surface area contributed by atoms with Crippen LogP contribution in [0.1, 0.15) is 11.3 Å². The summed E-state index contributed by atoms with van der Waals surface area (Å²) in [6.45, 7) is 0.785. The van der Waals surface area contributed by atoms with Crippen LogP contribution in [0.4, 0.5) is 4.39 Å². The average Bonchev–Trinajstić information content (AvgIpc) is 2.53. The Labute approximate surface area is 130 Å². The van der Waals surface area contributed by atoms with Gasteiger partial charge in [-0.25, -0.2) is 4.39 Å². The largest absolute Gasteiger partial charge is 0.504 e. The number of benzene rings is 2. The molecule has 0 radical (unpaired) electrons. The van der Waals surface area contributed by atoms with Crippen molar-refractivity contribution in [3.8, 4) is 11.5 Å². The highest BCUT2D eigenvalue weighted by molar-refractivity contribution is 5.85. The molecule has 0 saturated heterocycles. The molecule has 0 unspecified atom stereocenters. The molecule has 0 atom stereocenters. The topological polar surface area (TPSA) is 82.7 Å². The number of rotatable bonds is 4. The summed E-state index contributed by atoms with van der Waals surface area (Å²) >= 11 is 0. The molecule has 118 valence electrons. The number of phenols is 2. The van der Waals surface area contributed by atoms with Gasteiger partial charge >= 0.3 is 0 Å². The fourth-order valence-corrected chi connectivity index (χ4v) is 2.29. The Hall–Kier alpha value is -2.86. The van der Waals surface area contributed by atoms with Gasteiger partial charge < -0.3 is 19.9 Å². The number of phenolic OH excluding ortho intramolecular Hbond substituents is 2. The monoisotopic (exact) mass is 315 g/mol. The zero-order valence-electron chi connectivity index (χ0n) is 12.0. The third-order valence-corrected chi connectivity index (χ3v) is 3.44. The van der Waals surface area contributed by atoms with E-state index in [9.17, 15) is 19.4 Å². The lowest BCUT2D eigenvalue weighted by Gasteiger charge is -2.07. The Morgan fingerprint density at radius 3 is 2.52 bits per heavy atom. The van der Waals surface area contributed by atoms with Crippen molar-refractivity contribution in [2.24, 2.45) is 0 Å². The molecule has 1 heterocycles. The summed E-state index contributed by atoms with van der Waals surface area (Å²) in [7, 11) is 0. The van der Waals surface area contributed by atoms with Crippen LogP contribution in [0.15, 0.2) is 51.7 Å². The summed E-state index contributed by atoms with van der Waals surface area (Å²) in [5.74, 6) is -0.749. The zero-order valence-corrected chi connectivity index (χ0v) is 12.0. The third kappa shape index (κ3) is 3.17. The van der Waals surface area contributed by atoms with E-state index in [2.05, 4.69) is 5.32 Å². The van der Waals surface area contributed by atoms with E-state index >= 15 is 0 Å². The molecular formula is C17H14FNO4. The first-order valence-electron chi connectivity index (χ1n) is 6.97. The summed E-state index contributed by atoms with van der Waals surface area (Å²) in [6.07, 6.45) is 0. The van der Waals surface area contributed by atoms with Crippen LogP contribution in [0, 0.1) is 5.82 Å². The maximum Gasteiger partial charge on any atom is 0.196 e. The van der Waals surface area contributed by atoms with Gasteiger partial charge in [-0.05, 0) is 29.8 Å². The van der Waals surface area contributed by atoms with Gasteiger partial charge in [0.05, 0.1) is 6.54 Å². The van der Waals surface area contributed by atoms with Crippen LogP contribution in [0.2, 0.25) is 0 Å². The van der Waals surface area contributed by atoms with Crippen molar-refractivity contribution in [1.82, 2.24) is 5.32 Å². The minimum Gasteiger partial charge on any atom is -0.504 e. The molecule has 0 amide bonds. The number of fused-ring (bicyclic) bond motifs is 1. The molecule has 0 aliphatic rings. The predicted molar refractivity (Wildman–Crippen MR) is 82.8 cm³/mol. The van der Waals surface area contributed by atoms with Crippen molar-refractivity contribution in [2.45, 2.75) is 13.1 Å². The lowest BCUT2D eigenvalue weighted by Crippen LogP contribution is -2.14. The minimum absolute atomic E-state index is 0.0488. The van der Waals surface area contributed by atoms with Gasteiger partial charge in [0, 0.05) is 12.6 Å². The van der Waals surface area contributed by atoms with Crippen LogP contribution in [0.25, 0.3) is 11.0 Å². The second-order valence-corrected chi connectivity index (χ2v) is 5.11. The van der Waals surface area contributed by atoms with E-state index in [-0.39, 0.29) is 22.5 Å². The van der Waals surface area contributed by atoms with E-state index in [0.29, 0.717) is 18.8 Å². The van der Waals surface area contributed by atoms with Crippen LogP contribution in [-0.2, 0) is 13.1 Å². The Bertz CT molecular complexity index is 903. The number of aromatic hydroxyl groups is 2. The van der Waals surface area contributed by atoms with Gasteiger partial charge in [0.1, 0.15) is 22.5 Å². The smallest absolute Gasteiger partial charge is 0.196 e. The van der Waals surface area contributed by atoms with Gasteiger partial charge in [0.2, 0.25) is 0 Å². The van der Waals surface area contributed by atoms with E-state index in [4.69, 9.17) is 4.42 Å². The molecule has 23 heavy (non-hydrogen) atoms. The molecule has 0 saturated carbocycles. The molecular weight excluding hydrogens is 301 g/mol. The van der Waals surface area contributed by atoms with Crippen LogP contribution in [0.5, 0.6) is 11.5 Å². The van der Waals surface area contributed by atoms with E-state index in [1.807, 2.05) is 0 Å². The highest BCUT2D eigenvalue weighted by Gasteiger charge is 2.12. The molecule has 1 aromatic heterocycles. The highest BCUT2D eigenvalue weighted by Crippen LogP contribution is 2.31. The molecule has 0 fully saturated rings. The lowest BCUT2D eigenvalue weighted by molar-refractivity contribution is 0.406. The molecule has 3 N–H and O–H groups in total. The SMILES string of the molecule is O=c1cc(CNCc2ccc(F)cc2)oc2ccc(O)c(O)c12. The summed E-state index contributed by atoms with van der Waals surface area (Å²) in [4.78, 5) is 12.0. The quantitative estimate of drug-likeness (QED) is 0.645. The van der Waals surface area contributed by atoms with Crippen molar-refractivity contribution in [2.75, 3.05) is 0 Å². The Balaban J connectivity index is 1.77. The van der Waals surface area contributed by atoms with E-state index in [0.717, 1.165) is 5.56 Å². The zero-order chi connectivity index (χ0) is 16.4. The third-order valence-electron chi connectivity index (χ3n) is 3.44. The predicted octanol–water partition coefficient (Wildman–Crippen LogP) is 2.63. The fourth-order valence-electron chi connectivity index (χ4n) is 2.29. The van der Waals surface area contributed by atoms with Crippen LogP contribution < -0.4 is 10.7 Å². The van der Waals surface area contributed by atoms with Gasteiger partial charge in [-0.1, -0.05) is 12.1 Å². The second kappa shape index (κ2) is 6.10. The maximum absolute atomic E-state index is 12.8. The van der Waals surface area contributed by atoms with Crippen molar-refractivity contribution in [1.29, 1.82) is 0 Å². The molecule has 2 aromatic carbocycles. The first-order chi connectivity index (χ1) is 11.0. The van der Waals surface area contributed by atoms with Crippen molar-refractivity contribution in [3.05, 3.63) is 69.8 Å². The molecule has 0 aliphatic heterocycles. The van der Waals surface area contributed by atoms with Crippen LogP contribution in [-0.4, -0.2) is 10.2 Å². The van der Waals surface area contributed by atoms with E-state index in [1.165, 1.54) is 30.3 Å². The van der Waals surface area contributed by atoms with Gasteiger partial charge in [0.15, 0.2) is 16.9 Å². The van der Waals surface area contributed by atoms with E-state index < -0.39 is 11.2 Å². The maximum atomic E-state index is 12.8. The first-order valence-corrected chi connectivity index (χ1v) is 6.97. The minimum atomic E-state index is -0.484. The van der Waals surface area contributed by atoms with Crippen molar-refractivity contribution in [3.63, 3.8) is 0 Å². The van der Waals surface area contributed by atoms with E-state index in [1.54, 1.807) is 12.1 Å². The second-order valence-electron chi connectivity index (χ2n) is 5.11. The molecule has 0 bridgehead atoms. The normalized spacial score (nSPS) is 11.0. The average molecular weight is 315 g/mol. The highest BCUT2D eigenvalue weighted by atomic mass is 19.1. The molecule has 5 nitrogen and oxygen atoms in total. The first kappa shape index (κ1) is 15.1. The molecule has 3 aromatic rings. The number of nitrogens with one attached hydrogen (secondary N) is 1. The lowest BCUT2D eigenvalue weighted by atomic mass is 10.2. The Morgan fingerprint density at radius 2 is 1.78 bits per heavy atom. The van der Waals surface area contributed by atoms with Crippen LogP contribution >= 0.6 is 0 Å². The summed E-state index contributed by atoms with van der Waals surface area (Å²) in [6, 6.07) is 10.0. The Morgan fingerprint density at radius 1 is 1.04 bits per heavy atom. The van der Waals surface area contributed by atoms with Gasteiger partial charge in [0.25, 0.3) is 0 Å². The summed E-state index contributed by atoms with van der Waals surface area (Å²) in [5.41, 5.74) is 0.668. The fraction of sp³-hybridized carbons (Fsp3) is 0.118. The van der Waals surface area contributed by atoms with Crippen molar-refractivity contribution >= 4 is 11.0 Å². The molecule has 0 spiro atoms. The molecule has 6 heteroatoms. The molecule has 3 rings (SSSR count). The van der Waals surface area contributed by atoms with Gasteiger partial charge in [-0.2, -0.15) is 0 Å². The van der Waals surface area contributed by atoms with Crippen LogP contribution in [0.3, 0.4) is 0 Å². The van der Waals surface area contributed by atoms with Crippen molar-refractivity contribution < 1.29 is 19.0 Å². The standard InChI is InChI=1S/C17H14FNO4/c18-11-3-1-10(2-4-11)8-19-9-12-7-14(21)16-15(23-12)6-5-13(20)17(16)22/h1-7,19-20,22H,8-9H2. The van der Waals surface area contributed by atoms with Gasteiger partial charge in [-0.3, -0.25) is 4.79 Å². The van der Waals surface area contributed by atoms with Gasteiger partial charge in [-0.15, -0.1) is 0 Å². The Kier molecular flexibility index (Phi) is 3.99. The summed E-state index contributed by atoms with van der Waals surface area (Å²) in [5, 5.41) is 22.2. The number of hydrogen-bond acceptors (Lipinski definition) is 5. The molecule has 0 aliphatic carbocycles.